The number of benzene rings is 1. The van der Waals surface area contributed by atoms with Crippen molar-refractivity contribution >= 4 is 5.91 Å². The van der Waals surface area contributed by atoms with Crippen molar-refractivity contribution in [3.8, 4) is 5.75 Å². The van der Waals surface area contributed by atoms with Crippen LogP contribution in [0, 0.1) is 5.92 Å². The van der Waals surface area contributed by atoms with Crippen molar-refractivity contribution in [3.63, 3.8) is 0 Å². The molecule has 0 heterocycles. The molecule has 0 saturated carbocycles. The number of likely N-dealkylation sites (N-methyl/N-ethyl adjacent to an activating group) is 1. The lowest BCUT2D eigenvalue weighted by Gasteiger charge is -2.24. The lowest BCUT2D eigenvalue weighted by molar-refractivity contribution is -0.123. The number of hydrogen-bond donors (Lipinski definition) is 2. The lowest BCUT2D eigenvalue weighted by atomic mass is 10.0. The summed E-state index contributed by atoms with van der Waals surface area (Å²) in [6.07, 6.45) is 0.820. The zero-order valence-electron chi connectivity index (χ0n) is 13.8. The first-order valence-corrected chi connectivity index (χ1v) is 7.68. The Hall–Kier alpha value is -1.55. The molecule has 1 amide bonds. The van der Waals surface area contributed by atoms with Gasteiger partial charge in [-0.05, 0) is 43.9 Å². The fraction of sp³-hybridized carbons (Fsp3) is 0.588. The van der Waals surface area contributed by atoms with E-state index in [-0.39, 0.29) is 18.0 Å². The first kappa shape index (κ1) is 17.5. The molecular formula is C17H28N2O2. The molecule has 4 nitrogen and oxygen atoms in total. The first-order chi connectivity index (χ1) is 9.97. The molecule has 2 N–H and O–H groups in total. The number of amides is 1. The third kappa shape index (κ3) is 5.76. The number of rotatable bonds is 8. The molecule has 0 radical (unpaired) electrons. The van der Waals surface area contributed by atoms with E-state index in [1.807, 2.05) is 31.2 Å². The summed E-state index contributed by atoms with van der Waals surface area (Å²) in [7, 11) is 1.68. The van der Waals surface area contributed by atoms with Gasteiger partial charge in [-0.25, -0.2) is 0 Å². The Kier molecular flexibility index (Phi) is 7.23. The normalized spacial score (nSPS) is 13.8. The van der Waals surface area contributed by atoms with Gasteiger partial charge in [-0.3, -0.25) is 10.1 Å². The van der Waals surface area contributed by atoms with Gasteiger partial charge in [0.2, 0.25) is 5.91 Å². The molecule has 2 unspecified atom stereocenters. The number of nitrogens with one attached hydrogen (secondary N) is 2. The maximum absolute atomic E-state index is 12.0. The van der Waals surface area contributed by atoms with Crippen molar-refractivity contribution in [2.75, 3.05) is 13.7 Å². The molecule has 2 atom stereocenters. The standard InChI is InChI=1S/C17H28N2O2/c1-6-21-15-9-7-14(8-10-15)13(4)19-16(11-12(2)3)17(20)18-5/h7-10,12-13,16,19H,6,11H2,1-5H3,(H,18,20). The zero-order chi connectivity index (χ0) is 15.8. The molecule has 0 aromatic heterocycles. The molecule has 0 spiro atoms. The van der Waals surface area contributed by atoms with Crippen LogP contribution in [0.4, 0.5) is 0 Å². The predicted molar refractivity (Wildman–Crippen MR) is 86.5 cm³/mol. The Morgan fingerprint density at radius 3 is 2.29 bits per heavy atom. The largest absolute Gasteiger partial charge is 0.494 e. The summed E-state index contributed by atoms with van der Waals surface area (Å²) < 4.78 is 5.45. The molecule has 4 heteroatoms. The second-order valence-corrected chi connectivity index (χ2v) is 5.69. The van der Waals surface area contributed by atoms with Gasteiger partial charge in [0.15, 0.2) is 0 Å². The smallest absolute Gasteiger partial charge is 0.236 e. The van der Waals surface area contributed by atoms with Crippen LogP contribution in [0.15, 0.2) is 24.3 Å². The molecule has 0 fully saturated rings. The van der Waals surface area contributed by atoms with E-state index in [0.29, 0.717) is 12.5 Å². The summed E-state index contributed by atoms with van der Waals surface area (Å²) in [5.74, 6) is 1.38. The van der Waals surface area contributed by atoms with Crippen LogP contribution < -0.4 is 15.4 Å². The van der Waals surface area contributed by atoms with E-state index < -0.39 is 0 Å². The molecule has 1 aromatic carbocycles. The van der Waals surface area contributed by atoms with E-state index in [4.69, 9.17) is 4.74 Å². The van der Waals surface area contributed by atoms with Crippen molar-refractivity contribution in [3.05, 3.63) is 29.8 Å². The molecule has 0 bridgehead atoms. The minimum atomic E-state index is -0.170. The molecule has 0 aliphatic heterocycles. The molecule has 1 rings (SSSR count). The van der Waals surface area contributed by atoms with Crippen LogP contribution >= 0.6 is 0 Å². The Balaban J connectivity index is 2.71. The lowest BCUT2D eigenvalue weighted by Crippen LogP contribution is -2.44. The van der Waals surface area contributed by atoms with Crippen LogP contribution in [0.1, 0.15) is 45.7 Å². The molecule has 0 aliphatic rings. The summed E-state index contributed by atoms with van der Waals surface area (Å²) in [6.45, 7) is 8.96. The minimum Gasteiger partial charge on any atom is -0.494 e. The summed E-state index contributed by atoms with van der Waals surface area (Å²) in [5.41, 5.74) is 1.15. The second-order valence-electron chi connectivity index (χ2n) is 5.69. The van der Waals surface area contributed by atoms with Crippen molar-refractivity contribution in [1.29, 1.82) is 0 Å². The van der Waals surface area contributed by atoms with Crippen LogP contribution in [-0.2, 0) is 4.79 Å². The number of hydrogen-bond acceptors (Lipinski definition) is 3. The summed E-state index contributed by atoms with van der Waals surface area (Å²) in [6, 6.07) is 7.96. The van der Waals surface area contributed by atoms with Crippen LogP contribution in [-0.4, -0.2) is 25.6 Å². The van der Waals surface area contributed by atoms with Gasteiger partial charge in [-0.2, -0.15) is 0 Å². The summed E-state index contributed by atoms with van der Waals surface area (Å²) in [4.78, 5) is 12.0. The monoisotopic (exact) mass is 292 g/mol. The third-order valence-electron chi connectivity index (χ3n) is 3.41. The number of carbonyl (C=O) groups is 1. The van der Waals surface area contributed by atoms with Crippen molar-refractivity contribution in [2.45, 2.75) is 46.2 Å². The van der Waals surface area contributed by atoms with Crippen LogP contribution in [0.2, 0.25) is 0 Å². The Bertz CT molecular complexity index is 429. The summed E-state index contributed by atoms with van der Waals surface area (Å²) in [5, 5.41) is 6.15. The zero-order valence-corrected chi connectivity index (χ0v) is 13.8. The van der Waals surface area contributed by atoms with Gasteiger partial charge < -0.3 is 10.1 Å². The Labute approximate surface area is 128 Å². The Morgan fingerprint density at radius 2 is 1.81 bits per heavy atom. The highest BCUT2D eigenvalue weighted by atomic mass is 16.5. The topological polar surface area (TPSA) is 50.4 Å². The molecule has 1 aromatic rings. The van der Waals surface area contributed by atoms with Gasteiger partial charge in [-0.15, -0.1) is 0 Å². The highest BCUT2D eigenvalue weighted by molar-refractivity contribution is 5.81. The van der Waals surface area contributed by atoms with Gasteiger partial charge >= 0.3 is 0 Å². The van der Waals surface area contributed by atoms with Gasteiger partial charge in [0, 0.05) is 13.1 Å². The molecule has 0 aliphatic carbocycles. The predicted octanol–water partition coefficient (Wildman–Crippen LogP) is 2.90. The van der Waals surface area contributed by atoms with E-state index in [1.165, 1.54) is 0 Å². The quantitative estimate of drug-likeness (QED) is 0.774. The fourth-order valence-electron chi connectivity index (χ4n) is 2.31. The van der Waals surface area contributed by atoms with Crippen LogP contribution in [0.3, 0.4) is 0 Å². The van der Waals surface area contributed by atoms with E-state index in [9.17, 15) is 4.79 Å². The average molecular weight is 292 g/mol. The maximum Gasteiger partial charge on any atom is 0.236 e. The van der Waals surface area contributed by atoms with Crippen molar-refractivity contribution < 1.29 is 9.53 Å². The molecular weight excluding hydrogens is 264 g/mol. The highest BCUT2D eigenvalue weighted by Gasteiger charge is 2.21. The average Bonchev–Trinajstić information content (AvgIpc) is 2.46. The maximum atomic E-state index is 12.0. The van der Waals surface area contributed by atoms with Crippen LogP contribution in [0.25, 0.3) is 0 Å². The summed E-state index contributed by atoms with van der Waals surface area (Å²) >= 11 is 0. The minimum absolute atomic E-state index is 0.0430. The van der Waals surface area contributed by atoms with E-state index >= 15 is 0 Å². The number of carbonyl (C=O) groups excluding carboxylic acids is 1. The number of ether oxygens (including phenoxy) is 1. The SMILES string of the molecule is CCOc1ccc(C(C)NC(CC(C)C)C(=O)NC)cc1. The van der Waals surface area contributed by atoms with Crippen LogP contribution in [0.5, 0.6) is 5.75 Å². The van der Waals surface area contributed by atoms with E-state index in [1.54, 1.807) is 7.05 Å². The fourth-order valence-corrected chi connectivity index (χ4v) is 2.31. The highest BCUT2D eigenvalue weighted by Crippen LogP contribution is 2.19. The Morgan fingerprint density at radius 1 is 1.19 bits per heavy atom. The molecule has 118 valence electrons. The van der Waals surface area contributed by atoms with Gasteiger partial charge in [0.1, 0.15) is 5.75 Å². The van der Waals surface area contributed by atoms with E-state index in [0.717, 1.165) is 17.7 Å². The van der Waals surface area contributed by atoms with Gasteiger partial charge in [-0.1, -0.05) is 26.0 Å². The van der Waals surface area contributed by atoms with E-state index in [2.05, 4.69) is 31.4 Å². The third-order valence-corrected chi connectivity index (χ3v) is 3.41. The van der Waals surface area contributed by atoms with Crippen molar-refractivity contribution in [1.82, 2.24) is 10.6 Å². The van der Waals surface area contributed by atoms with Gasteiger partial charge in [0.05, 0.1) is 12.6 Å². The molecule has 0 saturated heterocycles. The first-order valence-electron chi connectivity index (χ1n) is 7.68. The molecule has 21 heavy (non-hydrogen) atoms. The van der Waals surface area contributed by atoms with Gasteiger partial charge in [0.25, 0.3) is 0 Å². The van der Waals surface area contributed by atoms with Crippen molar-refractivity contribution in [2.24, 2.45) is 5.92 Å². The second kappa shape index (κ2) is 8.67.